The molecule has 2 aromatic carbocycles. The van der Waals surface area contributed by atoms with Crippen LogP contribution < -0.4 is 5.32 Å². The first-order valence-corrected chi connectivity index (χ1v) is 7.35. The number of benzene rings is 2. The quantitative estimate of drug-likeness (QED) is 0.880. The molecule has 108 valence electrons. The van der Waals surface area contributed by atoms with E-state index in [-0.39, 0.29) is 0 Å². The fourth-order valence-corrected chi connectivity index (χ4v) is 3.03. The minimum absolute atomic E-state index is 0.308. The molecule has 0 unspecified atom stereocenters. The number of hydrogen-bond donors (Lipinski definition) is 2. The van der Waals surface area contributed by atoms with Crippen molar-refractivity contribution in [3.05, 3.63) is 64.7 Å². The molecule has 1 aliphatic rings. The molecule has 1 aliphatic carbocycles. The number of hydrogen-bond acceptors (Lipinski definition) is 2. The molecule has 0 heterocycles. The van der Waals surface area contributed by atoms with Crippen LogP contribution in [0.2, 0.25) is 5.02 Å². The highest BCUT2D eigenvalue weighted by atomic mass is 35.5. The third kappa shape index (κ3) is 3.03. The van der Waals surface area contributed by atoms with Crippen molar-refractivity contribution in [3.63, 3.8) is 0 Å². The van der Waals surface area contributed by atoms with Crippen LogP contribution in [0.5, 0.6) is 0 Å². The van der Waals surface area contributed by atoms with Gasteiger partial charge in [0.2, 0.25) is 0 Å². The summed E-state index contributed by atoms with van der Waals surface area (Å²) in [6.45, 7) is 0. The second-order valence-electron chi connectivity index (χ2n) is 5.41. The van der Waals surface area contributed by atoms with E-state index < -0.39 is 5.97 Å². The molecule has 21 heavy (non-hydrogen) atoms. The molecule has 0 aliphatic heterocycles. The van der Waals surface area contributed by atoms with Crippen molar-refractivity contribution in [3.8, 4) is 0 Å². The normalized spacial score (nSPS) is 20.6. The van der Waals surface area contributed by atoms with Gasteiger partial charge in [-0.05, 0) is 54.7 Å². The highest BCUT2D eigenvalue weighted by molar-refractivity contribution is 6.31. The smallest absolute Gasteiger partial charge is 0.335 e. The Kier molecular flexibility index (Phi) is 3.84. The second kappa shape index (κ2) is 5.78. The lowest BCUT2D eigenvalue weighted by Gasteiger charge is -2.37. The summed E-state index contributed by atoms with van der Waals surface area (Å²) in [5.74, 6) is -0.390. The molecule has 1 fully saturated rings. The van der Waals surface area contributed by atoms with Crippen molar-refractivity contribution in [2.45, 2.75) is 24.8 Å². The van der Waals surface area contributed by atoms with Crippen LogP contribution in [0.4, 0.5) is 5.69 Å². The van der Waals surface area contributed by atoms with Crippen LogP contribution in [0.3, 0.4) is 0 Å². The van der Waals surface area contributed by atoms with Crippen LogP contribution in [0, 0.1) is 0 Å². The van der Waals surface area contributed by atoms with E-state index >= 15 is 0 Å². The molecule has 0 amide bonds. The lowest BCUT2D eigenvalue weighted by atomic mass is 9.76. The van der Waals surface area contributed by atoms with E-state index in [2.05, 4.69) is 11.4 Å². The second-order valence-corrected chi connectivity index (χ2v) is 5.82. The third-order valence-electron chi connectivity index (χ3n) is 3.99. The van der Waals surface area contributed by atoms with E-state index in [0.717, 1.165) is 23.6 Å². The van der Waals surface area contributed by atoms with Gasteiger partial charge in [-0.25, -0.2) is 4.79 Å². The van der Waals surface area contributed by atoms with Gasteiger partial charge < -0.3 is 10.4 Å². The molecule has 4 heteroatoms. The third-order valence-corrected chi connectivity index (χ3v) is 4.33. The molecular formula is C17H16ClNO2. The van der Waals surface area contributed by atoms with Crippen LogP contribution in [-0.4, -0.2) is 17.1 Å². The van der Waals surface area contributed by atoms with Crippen molar-refractivity contribution in [2.75, 3.05) is 5.32 Å². The van der Waals surface area contributed by atoms with E-state index in [1.807, 2.05) is 30.3 Å². The molecule has 0 bridgehead atoms. The van der Waals surface area contributed by atoms with Gasteiger partial charge in [-0.2, -0.15) is 0 Å². The van der Waals surface area contributed by atoms with E-state index in [4.69, 9.17) is 16.7 Å². The minimum atomic E-state index is -0.899. The highest BCUT2D eigenvalue weighted by Gasteiger charge is 2.31. The Morgan fingerprint density at radius 1 is 1.10 bits per heavy atom. The molecule has 1 saturated carbocycles. The number of aromatic carboxylic acids is 1. The fourth-order valence-electron chi connectivity index (χ4n) is 2.74. The summed E-state index contributed by atoms with van der Waals surface area (Å²) in [7, 11) is 0. The van der Waals surface area contributed by atoms with Gasteiger partial charge in [0.25, 0.3) is 0 Å². The topological polar surface area (TPSA) is 49.3 Å². The number of halogens is 1. The van der Waals surface area contributed by atoms with Crippen LogP contribution in [0.1, 0.15) is 34.7 Å². The number of carboxylic acids is 1. The van der Waals surface area contributed by atoms with Crippen LogP contribution >= 0.6 is 11.6 Å². The van der Waals surface area contributed by atoms with Crippen LogP contribution in [0.25, 0.3) is 0 Å². The van der Waals surface area contributed by atoms with E-state index in [1.165, 1.54) is 5.56 Å². The molecule has 0 saturated heterocycles. The lowest BCUT2D eigenvalue weighted by molar-refractivity contribution is 0.0697. The summed E-state index contributed by atoms with van der Waals surface area (Å²) < 4.78 is 0. The van der Waals surface area contributed by atoms with Crippen molar-refractivity contribution < 1.29 is 9.90 Å². The molecule has 0 spiro atoms. The van der Waals surface area contributed by atoms with Gasteiger partial charge >= 0.3 is 5.97 Å². The first-order chi connectivity index (χ1) is 10.1. The average molecular weight is 302 g/mol. The summed E-state index contributed by atoms with van der Waals surface area (Å²) in [5, 5.41) is 13.1. The van der Waals surface area contributed by atoms with Gasteiger partial charge in [0.1, 0.15) is 0 Å². The number of carbonyl (C=O) groups is 1. The molecule has 3 rings (SSSR count). The minimum Gasteiger partial charge on any atom is -0.478 e. The number of anilines is 1. The summed E-state index contributed by atoms with van der Waals surface area (Å²) in [5.41, 5.74) is 2.49. The maximum absolute atomic E-state index is 10.8. The fraction of sp³-hybridized carbons (Fsp3) is 0.235. The molecule has 0 radical (unpaired) electrons. The zero-order valence-electron chi connectivity index (χ0n) is 11.4. The first kappa shape index (κ1) is 14.0. The van der Waals surface area contributed by atoms with Gasteiger partial charge in [-0.15, -0.1) is 0 Å². The predicted molar refractivity (Wildman–Crippen MR) is 84.2 cm³/mol. The van der Waals surface area contributed by atoms with E-state index in [1.54, 1.807) is 12.1 Å². The molecule has 3 nitrogen and oxygen atoms in total. The highest BCUT2D eigenvalue weighted by Crippen LogP contribution is 2.41. The Labute approximate surface area is 128 Å². The van der Waals surface area contributed by atoms with E-state index in [0.29, 0.717) is 17.5 Å². The Balaban J connectivity index is 1.57. The van der Waals surface area contributed by atoms with Gasteiger partial charge in [-0.1, -0.05) is 29.8 Å². The van der Waals surface area contributed by atoms with Gasteiger partial charge in [0.15, 0.2) is 0 Å². The standard InChI is InChI=1S/C17H16ClNO2/c18-16-4-2-1-3-15(16)12-9-14(10-12)19-13-7-5-11(6-8-13)17(20)21/h1-8,12,14,19H,9-10H2,(H,20,21). The predicted octanol–water partition coefficient (Wildman–Crippen LogP) is 4.40. The Bertz CT molecular complexity index is 648. The van der Waals surface area contributed by atoms with Crippen LogP contribution in [0.15, 0.2) is 48.5 Å². The molecule has 0 atom stereocenters. The van der Waals surface area contributed by atoms with Gasteiger partial charge in [0.05, 0.1) is 5.56 Å². The first-order valence-electron chi connectivity index (χ1n) is 6.98. The SMILES string of the molecule is O=C(O)c1ccc(NC2CC(c3ccccc3Cl)C2)cc1. The Morgan fingerprint density at radius 2 is 1.76 bits per heavy atom. The van der Waals surface area contributed by atoms with Crippen molar-refractivity contribution in [1.82, 2.24) is 0 Å². The number of carboxylic acid groups (broad SMARTS) is 1. The maximum atomic E-state index is 10.8. The van der Waals surface area contributed by atoms with Crippen molar-refractivity contribution >= 4 is 23.3 Å². The zero-order chi connectivity index (χ0) is 14.8. The van der Waals surface area contributed by atoms with Crippen molar-refractivity contribution in [1.29, 1.82) is 0 Å². The lowest BCUT2D eigenvalue weighted by Crippen LogP contribution is -2.34. The summed E-state index contributed by atoms with van der Waals surface area (Å²) in [6, 6.07) is 15.3. The van der Waals surface area contributed by atoms with Gasteiger partial charge in [-0.3, -0.25) is 0 Å². The molecule has 2 aromatic rings. The number of rotatable bonds is 4. The maximum Gasteiger partial charge on any atom is 0.335 e. The van der Waals surface area contributed by atoms with Gasteiger partial charge in [0, 0.05) is 16.8 Å². The largest absolute Gasteiger partial charge is 0.478 e. The molecular weight excluding hydrogens is 286 g/mol. The monoisotopic (exact) mass is 301 g/mol. The number of nitrogens with one attached hydrogen (secondary N) is 1. The Morgan fingerprint density at radius 3 is 2.38 bits per heavy atom. The Hall–Kier alpha value is -2.00. The average Bonchev–Trinajstić information content (AvgIpc) is 2.44. The zero-order valence-corrected chi connectivity index (χ0v) is 12.2. The van der Waals surface area contributed by atoms with Crippen molar-refractivity contribution in [2.24, 2.45) is 0 Å². The molecule has 2 N–H and O–H groups in total. The summed E-state index contributed by atoms with van der Waals surface area (Å²) >= 11 is 6.21. The summed E-state index contributed by atoms with van der Waals surface area (Å²) in [4.78, 5) is 10.8. The van der Waals surface area contributed by atoms with E-state index in [9.17, 15) is 4.79 Å². The summed E-state index contributed by atoms with van der Waals surface area (Å²) in [6.07, 6.45) is 2.09. The van der Waals surface area contributed by atoms with Crippen LogP contribution in [-0.2, 0) is 0 Å². The molecule has 0 aromatic heterocycles.